The Morgan fingerprint density at radius 3 is 2.53 bits per heavy atom. The van der Waals surface area contributed by atoms with Crippen LogP contribution in [0.25, 0.3) is 33.3 Å². The van der Waals surface area contributed by atoms with Gasteiger partial charge in [0.05, 0.1) is 18.5 Å². The van der Waals surface area contributed by atoms with Crippen molar-refractivity contribution in [2.75, 3.05) is 38.6 Å². The molecule has 6 heteroatoms. The fourth-order valence-electron chi connectivity index (χ4n) is 4.85. The van der Waals surface area contributed by atoms with Crippen molar-refractivity contribution in [3.05, 3.63) is 60.6 Å². The molecule has 2 N–H and O–H groups in total. The van der Waals surface area contributed by atoms with E-state index in [0.29, 0.717) is 0 Å². The van der Waals surface area contributed by atoms with Gasteiger partial charge in [0, 0.05) is 29.3 Å². The van der Waals surface area contributed by atoms with E-state index in [1.54, 1.807) is 7.11 Å². The molecular weight excluding hydrogens is 446 g/mol. The number of ether oxygens (including phenoxy) is 1. The van der Waals surface area contributed by atoms with Crippen LogP contribution >= 0.6 is 0 Å². The van der Waals surface area contributed by atoms with Gasteiger partial charge in [-0.05, 0) is 80.0 Å². The van der Waals surface area contributed by atoms with Gasteiger partial charge in [-0.25, -0.2) is 9.97 Å². The maximum Gasteiger partial charge on any atom is 0.126 e. The third-order valence-corrected chi connectivity index (χ3v) is 6.94. The van der Waals surface area contributed by atoms with Crippen LogP contribution in [0, 0.1) is 0 Å². The van der Waals surface area contributed by atoms with E-state index in [2.05, 4.69) is 83.4 Å². The smallest absolute Gasteiger partial charge is 0.126 e. The Morgan fingerprint density at radius 2 is 1.75 bits per heavy atom. The molecule has 1 aliphatic rings. The Labute approximate surface area is 214 Å². The molecule has 1 saturated heterocycles. The summed E-state index contributed by atoms with van der Waals surface area (Å²) in [5, 5.41) is 5.84. The molecule has 0 bridgehead atoms. The number of H-pyrrole nitrogens is 1. The molecule has 0 spiro atoms. The molecule has 2 aromatic heterocycles. The molecule has 0 amide bonds. The Bertz CT molecular complexity index is 1330. The van der Waals surface area contributed by atoms with Crippen LogP contribution in [0.5, 0.6) is 5.75 Å². The first-order valence-corrected chi connectivity index (χ1v) is 13.0. The van der Waals surface area contributed by atoms with Crippen LogP contribution in [-0.4, -0.2) is 53.1 Å². The fourth-order valence-corrected chi connectivity index (χ4v) is 4.85. The minimum absolute atomic E-state index is 0.0963. The number of aromatic nitrogens is 3. The summed E-state index contributed by atoms with van der Waals surface area (Å²) in [7, 11) is 1.70. The molecule has 2 aromatic carbocycles. The van der Waals surface area contributed by atoms with Crippen LogP contribution in [0.15, 0.2) is 54.7 Å². The van der Waals surface area contributed by atoms with Crippen LogP contribution in [-0.2, 0) is 5.41 Å². The first kappa shape index (κ1) is 24.3. The number of imidazole rings is 1. The molecule has 0 aliphatic carbocycles. The monoisotopic (exact) mass is 483 g/mol. The summed E-state index contributed by atoms with van der Waals surface area (Å²) in [4.78, 5) is 15.9. The lowest BCUT2D eigenvalue weighted by atomic mass is 9.96. The number of fused-ring (bicyclic) bond motifs is 1. The van der Waals surface area contributed by atoms with Crippen molar-refractivity contribution in [2.24, 2.45) is 0 Å². The van der Waals surface area contributed by atoms with E-state index in [1.165, 1.54) is 25.9 Å². The number of methoxy groups -OCH3 is 1. The molecule has 0 saturated carbocycles. The van der Waals surface area contributed by atoms with Crippen LogP contribution in [0.2, 0.25) is 0 Å². The Kier molecular flexibility index (Phi) is 6.97. The molecule has 1 fully saturated rings. The Balaban J connectivity index is 1.43. The predicted molar refractivity (Wildman–Crippen MR) is 149 cm³/mol. The van der Waals surface area contributed by atoms with Crippen molar-refractivity contribution >= 4 is 16.6 Å². The van der Waals surface area contributed by atoms with E-state index in [1.807, 2.05) is 12.3 Å². The van der Waals surface area contributed by atoms with Crippen molar-refractivity contribution in [2.45, 2.75) is 45.4 Å². The summed E-state index contributed by atoms with van der Waals surface area (Å²) in [6, 6.07) is 16.9. The minimum atomic E-state index is -0.0963. The number of aromatic amines is 1. The second-order valence-electron chi connectivity index (χ2n) is 10.7. The molecule has 188 valence electrons. The summed E-state index contributed by atoms with van der Waals surface area (Å²) in [6.07, 6.45) is 5.68. The largest absolute Gasteiger partial charge is 0.497 e. The van der Waals surface area contributed by atoms with Gasteiger partial charge in [0.1, 0.15) is 17.4 Å². The molecule has 36 heavy (non-hydrogen) atoms. The maximum absolute atomic E-state index is 5.40. The highest BCUT2D eigenvalue weighted by atomic mass is 16.5. The summed E-state index contributed by atoms with van der Waals surface area (Å²) >= 11 is 0. The summed E-state index contributed by atoms with van der Waals surface area (Å²) in [6.45, 7) is 11.1. The molecule has 1 aliphatic heterocycles. The molecule has 6 nitrogen and oxygen atoms in total. The number of likely N-dealkylation sites (tertiary alicyclic amines) is 1. The molecule has 0 unspecified atom stereocenters. The average molecular weight is 484 g/mol. The van der Waals surface area contributed by atoms with Gasteiger partial charge in [0.2, 0.25) is 0 Å². The van der Waals surface area contributed by atoms with Gasteiger partial charge in [-0.2, -0.15) is 0 Å². The van der Waals surface area contributed by atoms with Crippen LogP contribution < -0.4 is 10.1 Å². The zero-order valence-corrected chi connectivity index (χ0v) is 21.9. The highest BCUT2D eigenvalue weighted by Crippen LogP contribution is 2.35. The number of nitrogens with zero attached hydrogens (tertiary/aromatic N) is 3. The SMILES string of the molecule is COc1ccc2cc(-c3nc(C(C)(C)C)[nH]c3-c3ccnc(NCCCN4CCCC4)c3)ccc2c1. The van der Waals surface area contributed by atoms with Crippen molar-refractivity contribution in [1.29, 1.82) is 0 Å². The highest BCUT2D eigenvalue weighted by Gasteiger charge is 2.23. The van der Waals surface area contributed by atoms with E-state index in [0.717, 1.165) is 70.2 Å². The number of hydrogen-bond donors (Lipinski definition) is 2. The second-order valence-corrected chi connectivity index (χ2v) is 10.7. The lowest BCUT2D eigenvalue weighted by Gasteiger charge is -2.15. The zero-order valence-electron chi connectivity index (χ0n) is 21.9. The Hall–Kier alpha value is -3.38. The lowest BCUT2D eigenvalue weighted by molar-refractivity contribution is 0.337. The second kappa shape index (κ2) is 10.3. The first-order valence-electron chi connectivity index (χ1n) is 13.0. The molecule has 0 radical (unpaired) electrons. The summed E-state index contributed by atoms with van der Waals surface area (Å²) < 4.78 is 5.40. The number of hydrogen-bond acceptors (Lipinski definition) is 5. The van der Waals surface area contributed by atoms with Crippen molar-refractivity contribution in [3.63, 3.8) is 0 Å². The van der Waals surface area contributed by atoms with Crippen molar-refractivity contribution in [1.82, 2.24) is 19.9 Å². The zero-order chi connectivity index (χ0) is 25.1. The summed E-state index contributed by atoms with van der Waals surface area (Å²) in [5.74, 6) is 2.74. The van der Waals surface area contributed by atoms with E-state index >= 15 is 0 Å². The molecular formula is C30H37N5O. The van der Waals surface area contributed by atoms with Crippen molar-refractivity contribution in [3.8, 4) is 28.3 Å². The molecule has 5 rings (SSSR count). The van der Waals surface area contributed by atoms with Gasteiger partial charge in [-0.1, -0.05) is 39.0 Å². The summed E-state index contributed by atoms with van der Waals surface area (Å²) in [5.41, 5.74) is 4.06. The quantitative estimate of drug-likeness (QED) is 0.280. The number of pyridine rings is 1. The molecule has 0 atom stereocenters. The Morgan fingerprint density at radius 1 is 0.972 bits per heavy atom. The fraction of sp³-hybridized carbons (Fsp3) is 0.400. The van der Waals surface area contributed by atoms with E-state index in [4.69, 9.17) is 9.72 Å². The highest BCUT2D eigenvalue weighted by molar-refractivity contribution is 5.90. The van der Waals surface area contributed by atoms with Gasteiger partial charge >= 0.3 is 0 Å². The van der Waals surface area contributed by atoms with Crippen LogP contribution in [0.3, 0.4) is 0 Å². The third-order valence-electron chi connectivity index (χ3n) is 6.94. The van der Waals surface area contributed by atoms with E-state index in [9.17, 15) is 0 Å². The van der Waals surface area contributed by atoms with Crippen molar-refractivity contribution < 1.29 is 4.74 Å². The standard InChI is InChI=1S/C30H37N5O/c1-30(2,3)29-33-27(23-9-8-22-19-25(36-4)11-10-21(22)18-23)28(34-29)24-12-14-32-26(20-24)31-13-7-17-35-15-5-6-16-35/h8-12,14,18-20H,5-7,13,15-17H2,1-4H3,(H,31,32)(H,33,34). The minimum Gasteiger partial charge on any atom is -0.497 e. The van der Waals surface area contributed by atoms with Gasteiger partial charge in [0.25, 0.3) is 0 Å². The third kappa shape index (κ3) is 5.39. The average Bonchev–Trinajstić information content (AvgIpc) is 3.56. The number of nitrogens with one attached hydrogen (secondary N) is 2. The van der Waals surface area contributed by atoms with Gasteiger partial charge in [-0.3, -0.25) is 0 Å². The van der Waals surface area contributed by atoms with Crippen LogP contribution in [0.1, 0.15) is 45.9 Å². The normalized spacial score (nSPS) is 14.4. The van der Waals surface area contributed by atoms with Gasteiger partial charge < -0.3 is 19.9 Å². The maximum atomic E-state index is 5.40. The lowest BCUT2D eigenvalue weighted by Crippen LogP contribution is -2.22. The van der Waals surface area contributed by atoms with Crippen LogP contribution in [0.4, 0.5) is 5.82 Å². The predicted octanol–water partition coefficient (Wildman–Crippen LogP) is 6.50. The topological polar surface area (TPSA) is 66.1 Å². The number of anilines is 1. The van der Waals surface area contributed by atoms with Gasteiger partial charge in [0.15, 0.2) is 0 Å². The number of rotatable bonds is 8. The van der Waals surface area contributed by atoms with Gasteiger partial charge in [-0.15, -0.1) is 0 Å². The molecule has 4 aromatic rings. The van der Waals surface area contributed by atoms with E-state index < -0.39 is 0 Å². The molecule has 3 heterocycles. The first-order chi connectivity index (χ1) is 17.4. The van der Waals surface area contributed by atoms with E-state index in [-0.39, 0.29) is 5.41 Å². The number of benzene rings is 2.